The highest BCUT2D eigenvalue weighted by atomic mass is 79.9. The summed E-state index contributed by atoms with van der Waals surface area (Å²) >= 11 is 3.32. The molecule has 1 unspecified atom stereocenters. The lowest BCUT2D eigenvalue weighted by molar-refractivity contribution is -0.139. The molecule has 0 aliphatic carbocycles. The van der Waals surface area contributed by atoms with E-state index in [0.29, 0.717) is 12.2 Å². The number of nitrogens with zero attached hydrogens (tertiary/aromatic N) is 1. The van der Waals surface area contributed by atoms with Crippen LogP contribution in [-0.2, 0) is 17.8 Å². The average Bonchev–Trinajstić information content (AvgIpc) is 2.88. The van der Waals surface area contributed by atoms with Crippen molar-refractivity contribution in [1.29, 1.82) is 0 Å². The van der Waals surface area contributed by atoms with Gasteiger partial charge in [-0.2, -0.15) is 0 Å². The summed E-state index contributed by atoms with van der Waals surface area (Å²) in [7, 11) is 0. The molecule has 0 bridgehead atoms. The molecule has 2 rings (SSSR count). The van der Waals surface area contributed by atoms with Crippen molar-refractivity contribution in [3.05, 3.63) is 58.3 Å². The summed E-state index contributed by atoms with van der Waals surface area (Å²) in [6.45, 7) is 2.55. The molecule has 0 saturated carbocycles. The van der Waals surface area contributed by atoms with Crippen molar-refractivity contribution in [2.75, 3.05) is 0 Å². The van der Waals surface area contributed by atoms with E-state index in [2.05, 4.69) is 21.2 Å². The molecule has 116 valence electrons. The maximum absolute atomic E-state index is 12.3. The first-order chi connectivity index (χ1) is 10.5. The van der Waals surface area contributed by atoms with Crippen LogP contribution in [0, 0.1) is 0 Å². The van der Waals surface area contributed by atoms with E-state index in [4.69, 9.17) is 0 Å². The third-order valence-corrected chi connectivity index (χ3v) is 3.76. The van der Waals surface area contributed by atoms with E-state index in [9.17, 15) is 14.7 Å². The van der Waals surface area contributed by atoms with Gasteiger partial charge in [-0.3, -0.25) is 4.79 Å². The van der Waals surface area contributed by atoms with Crippen LogP contribution in [0.1, 0.15) is 23.0 Å². The van der Waals surface area contributed by atoms with Crippen molar-refractivity contribution in [2.24, 2.45) is 0 Å². The van der Waals surface area contributed by atoms with Gasteiger partial charge < -0.3 is 15.0 Å². The van der Waals surface area contributed by atoms with E-state index in [1.807, 2.05) is 37.3 Å². The first-order valence-corrected chi connectivity index (χ1v) is 7.73. The van der Waals surface area contributed by atoms with Gasteiger partial charge in [0.2, 0.25) is 0 Å². The van der Waals surface area contributed by atoms with Crippen LogP contribution in [0.15, 0.2) is 47.1 Å². The van der Waals surface area contributed by atoms with Gasteiger partial charge in [0.25, 0.3) is 5.91 Å². The third kappa shape index (κ3) is 3.98. The Kier molecular flexibility index (Phi) is 5.38. The number of aryl methyl sites for hydroxylation is 1. The van der Waals surface area contributed by atoms with E-state index < -0.39 is 17.9 Å². The third-order valence-electron chi connectivity index (χ3n) is 3.32. The summed E-state index contributed by atoms with van der Waals surface area (Å²) in [5.74, 6) is -1.44. The van der Waals surface area contributed by atoms with Crippen LogP contribution in [0.4, 0.5) is 0 Å². The van der Waals surface area contributed by atoms with Crippen molar-refractivity contribution >= 4 is 27.8 Å². The van der Waals surface area contributed by atoms with Gasteiger partial charge in [0.15, 0.2) is 0 Å². The normalized spacial score (nSPS) is 11.9. The van der Waals surface area contributed by atoms with Gasteiger partial charge in [-0.1, -0.05) is 30.3 Å². The number of hydrogen-bond donors (Lipinski definition) is 2. The number of carboxylic acid groups (broad SMARTS) is 1. The number of aliphatic carboxylic acids is 1. The summed E-state index contributed by atoms with van der Waals surface area (Å²) in [6.07, 6.45) is 2.04. The van der Waals surface area contributed by atoms with Crippen LogP contribution >= 0.6 is 15.9 Å². The lowest BCUT2D eigenvalue weighted by atomic mass is 10.1. The highest BCUT2D eigenvalue weighted by Crippen LogP contribution is 2.15. The fourth-order valence-corrected chi connectivity index (χ4v) is 2.67. The van der Waals surface area contributed by atoms with Crippen LogP contribution < -0.4 is 5.32 Å². The van der Waals surface area contributed by atoms with E-state index in [0.717, 1.165) is 10.0 Å². The largest absolute Gasteiger partial charge is 0.480 e. The van der Waals surface area contributed by atoms with Gasteiger partial charge >= 0.3 is 5.97 Å². The van der Waals surface area contributed by atoms with E-state index >= 15 is 0 Å². The maximum atomic E-state index is 12.3. The zero-order chi connectivity index (χ0) is 16.1. The lowest BCUT2D eigenvalue weighted by Crippen LogP contribution is -2.42. The average molecular weight is 365 g/mol. The number of hydrogen-bond acceptors (Lipinski definition) is 2. The van der Waals surface area contributed by atoms with E-state index in [1.165, 1.54) is 0 Å². The SMILES string of the molecule is CCn1cc(Br)cc1C(=O)NC(Cc1ccccc1)C(=O)O. The number of rotatable bonds is 6. The number of carboxylic acids is 1. The van der Waals surface area contributed by atoms with Gasteiger partial charge in [-0.15, -0.1) is 0 Å². The Balaban J connectivity index is 2.14. The van der Waals surface area contributed by atoms with Crippen molar-refractivity contribution in [1.82, 2.24) is 9.88 Å². The fraction of sp³-hybridized carbons (Fsp3) is 0.250. The van der Waals surface area contributed by atoms with Crippen molar-refractivity contribution in [3.8, 4) is 0 Å². The quantitative estimate of drug-likeness (QED) is 0.827. The monoisotopic (exact) mass is 364 g/mol. The number of halogens is 1. The molecule has 1 amide bonds. The Bertz CT molecular complexity index is 667. The Hall–Kier alpha value is -2.08. The van der Waals surface area contributed by atoms with Gasteiger partial charge in [0.05, 0.1) is 0 Å². The summed E-state index contributed by atoms with van der Waals surface area (Å²) in [5, 5.41) is 11.9. The summed E-state index contributed by atoms with van der Waals surface area (Å²) in [4.78, 5) is 23.7. The number of benzene rings is 1. The minimum Gasteiger partial charge on any atom is -0.480 e. The van der Waals surface area contributed by atoms with Gasteiger partial charge in [-0.05, 0) is 34.5 Å². The van der Waals surface area contributed by atoms with E-state index in [1.54, 1.807) is 16.8 Å². The number of carbonyl (C=O) groups is 2. The van der Waals surface area contributed by atoms with E-state index in [-0.39, 0.29) is 6.42 Å². The minimum absolute atomic E-state index is 0.246. The summed E-state index contributed by atoms with van der Waals surface area (Å²) < 4.78 is 2.55. The molecule has 1 aromatic carbocycles. The van der Waals surface area contributed by atoms with Crippen molar-refractivity contribution in [2.45, 2.75) is 25.9 Å². The molecular formula is C16H17BrN2O3. The van der Waals surface area contributed by atoms with Crippen LogP contribution in [0.5, 0.6) is 0 Å². The topological polar surface area (TPSA) is 71.3 Å². The summed E-state index contributed by atoms with van der Waals surface area (Å²) in [6, 6.07) is 9.95. The van der Waals surface area contributed by atoms with Gasteiger partial charge in [0, 0.05) is 23.6 Å². The second-order valence-corrected chi connectivity index (χ2v) is 5.80. The molecule has 22 heavy (non-hydrogen) atoms. The first-order valence-electron chi connectivity index (χ1n) is 6.94. The number of aromatic nitrogens is 1. The molecular weight excluding hydrogens is 348 g/mol. The highest BCUT2D eigenvalue weighted by molar-refractivity contribution is 9.10. The fourth-order valence-electron chi connectivity index (χ4n) is 2.21. The summed E-state index contributed by atoms with van der Waals surface area (Å²) in [5.41, 5.74) is 1.30. The zero-order valence-electron chi connectivity index (χ0n) is 12.1. The maximum Gasteiger partial charge on any atom is 0.326 e. The van der Waals surface area contributed by atoms with Crippen LogP contribution in [0.3, 0.4) is 0 Å². The number of amides is 1. The number of carbonyl (C=O) groups excluding carboxylic acids is 1. The molecule has 0 aliphatic rings. The molecule has 0 fully saturated rings. The number of nitrogens with one attached hydrogen (secondary N) is 1. The Labute approximate surface area is 137 Å². The molecule has 0 radical (unpaired) electrons. The smallest absolute Gasteiger partial charge is 0.326 e. The molecule has 0 aliphatic heterocycles. The lowest BCUT2D eigenvalue weighted by Gasteiger charge is -2.15. The predicted octanol–water partition coefficient (Wildman–Crippen LogP) is 2.70. The minimum atomic E-state index is -1.05. The van der Waals surface area contributed by atoms with Crippen LogP contribution in [0.25, 0.3) is 0 Å². The van der Waals surface area contributed by atoms with Gasteiger partial charge in [0.1, 0.15) is 11.7 Å². The standard InChI is InChI=1S/C16H17BrN2O3/c1-2-19-10-12(17)9-14(19)15(20)18-13(16(21)22)8-11-6-4-3-5-7-11/h3-7,9-10,13H,2,8H2,1H3,(H,18,20)(H,21,22). The van der Waals surface area contributed by atoms with Gasteiger partial charge in [-0.25, -0.2) is 4.79 Å². The molecule has 5 nitrogen and oxygen atoms in total. The molecule has 1 heterocycles. The Morgan fingerprint density at radius 2 is 2.00 bits per heavy atom. The first kappa shape index (κ1) is 16.3. The van der Waals surface area contributed by atoms with Crippen molar-refractivity contribution < 1.29 is 14.7 Å². The molecule has 2 N–H and O–H groups in total. The molecule has 0 spiro atoms. The predicted molar refractivity (Wildman–Crippen MR) is 86.8 cm³/mol. The second-order valence-electron chi connectivity index (χ2n) is 4.88. The van der Waals surface area contributed by atoms with Crippen LogP contribution in [-0.4, -0.2) is 27.6 Å². The molecule has 2 aromatic rings. The van der Waals surface area contributed by atoms with Crippen LogP contribution in [0.2, 0.25) is 0 Å². The Morgan fingerprint density at radius 3 is 2.59 bits per heavy atom. The second kappa shape index (κ2) is 7.26. The Morgan fingerprint density at radius 1 is 1.32 bits per heavy atom. The zero-order valence-corrected chi connectivity index (χ0v) is 13.7. The molecule has 6 heteroatoms. The molecule has 1 aromatic heterocycles. The molecule has 1 atom stereocenters. The highest BCUT2D eigenvalue weighted by Gasteiger charge is 2.22. The molecule has 0 saturated heterocycles. The van der Waals surface area contributed by atoms with Crippen molar-refractivity contribution in [3.63, 3.8) is 0 Å².